The summed E-state index contributed by atoms with van der Waals surface area (Å²) in [4.78, 5) is 22.0. The molecule has 0 bridgehead atoms. The fourth-order valence-electron chi connectivity index (χ4n) is 1.13. The van der Waals surface area contributed by atoms with Crippen LogP contribution in [0, 0.1) is 0 Å². The van der Waals surface area contributed by atoms with Crippen molar-refractivity contribution in [3.05, 3.63) is 39.1 Å². The third-order valence-electron chi connectivity index (χ3n) is 1.89. The minimum Gasteiger partial charge on any atom is -0.356 e. The van der Waals surface area contributed by atoms with Crippen LogP contribution in [0.4, 0.5) is 5.69 Å². The van der Waals surface area contributed by atoms with Crippen molar-refractivity contribution in [1.82, 2.24) is 15.0 Å². The Balaban J connectivity index is 2.24. The summed E-state index contributed by atoms with van der Waals surface area (Å²) in [6.45, 7) is 0. The number of aromatic nitrogens is 3. The molecule has 0 radical (unpaired) electrons. The normalized spacial score (nSPS) is 10.3. The smallest absolute Gasteiger partial charge is 0.272 e. The van der Waals surface area contributed by atoms with E-state index in [0.29, 0.717) is 5.69 Å². The Kier molecular flexibility index (Phi) is 3.66. The maximum atomic E-state index is 11.8. The van der Waals surface area contributed by atoms with Crippen LogP contribution in [0.2, 0.25) is 10.3 Å². The molecule has 88 valence electrons. The highest BCUT2D eigenvalue weighted by Gasteiger charge is 2.14. The lowest BCUT2D eigenvalue weighted by Crippen LogP contribution is -2.13. The Bertz CT molecular complexity index is 552. The fourth-order valence-corrected chi connectivity index (χ4v) is 1.88. The summed E-state index contributed by atoms with van der Waals surface area (Å²) in [5.74, 6) is -0.380. The van der Waals surface area contributed by atoms with Gasteiger partial charge in [0.05, 0.1) is 0 Å². The maximum absolute atomic E-state index is 11.8. The van der Waals surface area contributed by atoms with E-state index in [1.165, 1.54) is 6.33 Å². The molecular weight excluding hydrogens is 331 g/mol. The number of H-pyrrole nitrogens is 1. The number of halogens is 3. The molecule has 1 amide bonds. The molecule has 0 fully saturated rings. The van der Waals surface area contributed by atoms with Gasteiger partial charge in [0.15, 0.2) is 10.3 Å². The first-order valence-corrected chi connectivity index (χ1v) is 5.94. The summed E-state index contributed by atoms with van der Waals surface area (Å²) in [5, 5.41) is 2.70. The van der Waals surface area contributed by atoms with Crippen molar-refractivity contribution in [1.29, 1.82) is 0 Å². The van der Waals surface area contributed by atoms with E-state index in [0.717, 1.165) is 4.47 Å². The summed E-state index contributed by atoms with van der Waals surface area (Å²) in [6, 6.07) is 1.63. The van der Waals surface area contributed by atoms with Gasteiger partial charge >= 0.3 is 0 Å². The number of amides is 1. The molecule has 0 aliphatic heterocycles. The number of nitrogens with zero attached hydrogens (tertiary/aromatic N) is 2. The topological polar surface area (TPSA) is 70.7 Å². The van der Waals surface area contributed by atoms with E-state index >= 15 is 0 Å². The highest BCUT2D eigenvalue weighted by Crippen LogP contribution is 2.26. The predicted octanol–water partition coefficient (Wildman–Crippen LogP) is 3.13. The minimum absolute atomic E-state index is 0.0870. The van der Waals surface area contributed by atoms with E-state index in [1.807, 2.05) is 0 Å². The van der Waals surface area contributed by atoms with Crippen LogP contribution in [-0.4, -0.2) is 20.9 Å². The van der Waals surface area contributed by atoms with Crippen molar-refractivity contribution in [2.24, 2.45) is 0 Å². The zero-order chi connectivity index (χ0) is 12.4. The molecule has 0 saturated carbocycles. The lowest BCUT2D eigenvalue weighted by atomic mass is 10.4. The van der Waals surface area contributed by atoms with E-state index < -0.39 is 0 Å². The van der Waals surface area contributed by atoms with E-state index in [1.54, 1.807) is 12.3 Å². The molecule has 0 unspecified atom stereocenters. The van der Waals surface area contributed by atoms with E-state index in [2.05, 4.69) is 36.2 Å². The highest BCUT2D eigenvalue weighted by atomic mass is 79.9. The van der Waals surface area contributed by atoms with Crippen LogP contribution in [0.3, 0.4) is 0 Å². The molecule has 2 aromatic heterocycles. The Morgan fingerprint density at radius 3 is 2.53 bits per heavy atom. The zero-order valence-corrected chi connectivity index (χ0v) is 11.3. The SMILES string of the molecule is O=C(Nc1c(Cl)ncnc1Cl)c1cc(Br)c[nH]1. The molecule has 2 N–H and O–H groups in total. The molecular formula is C9H5BrCl2N4O. The van der Waals surface area contributed by atoms with Crippen LogP contribution in [0.25, 0.3) is 0 Å². The van der Waals surface area contributed by atoms with Crippen LogP contribution in [0.5, 0.6) is 0 Å². The van der Waals surface area contributed by atoms with E-state index in [-0.39, 0.29) is 21.9 Å². The second-order valence-electron chi connectivity index (χ2n) is 3.02. The van der Waals surface area contributed by atoms with Crippen molar-refractivity contribution >= 4 is 50.7 Å². The third-order valence-corrected chi connectivity index (χ3v) is 2.92. The van der Waals surface area contributed by atoms with E-state index in [9.17, 15) is 4.79 Å². The number of carbonyl (C=O) groups is 1. The van der Waals surface area contributed by atoms with Gasteiger partial charge in [0, 0.05) is 10.7 Å². The molecule has 2 heterocycles. The lowest BCUT2D eigenvalue weighted by molar-refractivity contribution is 0.102. The second kappa shape index (κ2) is 5.03. The highest BCUT2D eigenvalue weighted by molar-refractivity contribution is 9.10. The predicted molar refractivity (Wildman–Crippen MR) is 68.5 cm³/mol. The molecule has 8 heteroatoms. The average molecular weight is 336 g/mol. The summed E-state index contributed by atoms with van der Waals surface area (Å²) < 4.78 is 0.768. The molecule has 2 rings (SSSR count). The number of rotatable bonds is 2. The molecule has 17 heavy (non-hydrogen) atoms. The fraction of sp³-hybridized carbons (Fsp3) is 0. The number of hydrogen-bond acceptors (Lipinski definition) is 3. The van der Waals surface area contributed by atoms with Crippen molar-refractivity contribution in [3.8, 4) is 0 Å². The first kappa shape index (κ1) is 12.3. The van der Waals surface area contributed by atoms with E-state index in [4.69, 9.17) is 23.2 Å². The summed E-state index contributed by atoms with van der Waals surface area (Å²) in [5.41, 5.74) is 0.555. The quantitative estimate of drug-likeness (QED) is 0.828. The van der Waals surface area contributed by atoms with Gasteiger partial charge in [-0.15, -0.1) is 0 Å². The van der Waals surface area contributed by atoms with Gasteiger partial charge in [-0.1, -0.05) is 23.2 Å². The molecule has 0 atom stereocenters. The Labute approximate surface area is 115 Å². The van der Waals surface area contributed by atoms with Crippen molar-refractivity contribution in [3.63, 3.8) is 0 Å². The number of hydrogen-bond donors (Lipinski definition) is 2. The van der Waals surface area contributed by atoms with Gasteiger partial charge in [0.25, 0.3) is 5.91 Å². The number of aromatic amines is 1. The van der Waals surface area contributed by atoms with Gasteiger partial charge in [-0.05, 0) is 22.0 Å². The van der Waals surface area contributed by atoms with Crippen molar-refractivity contribution in [2.45, 2.75) is 0 Å². The van der Waals surface area contributed by atoms with Crippen LogP contribution in [0.1, 0.15) is 10.5 Å². The first-order chi connectivity index (χ1) is 8.08. The van der Waals surface area contributed by atoms with Gasteiger partial charge in [-0.2, -0.15) is 0 Å². The Morgan fingerprint density at radius 1 is 1.35 bits per heavy atom. The summed E-state index contributed by atoms with van der Waals surface area (Å²) in [7, 11) is 0. The van der Waals surface area contributed by atoms with Crippen LogP contribution in [0.15, 0.2) is 23.1 Å². The molecule has 0 spiro atoms. The molecule has 5 nitrogen and oxygen atoms in total. The van der Waals surface area contributed by atoms with Gasteiger partial charge in [0.2, 0.25) is 0 Å². The number of carbonyl (C=O) groups excluding carboxylic acids is 1. The average Bonchev–Trinajstić information content (AvgIpc) is 2.70. The zero-order valence-electron chi connectivity index (χ0n) is 8.17. The van der Waals surface area contributed by atoms with Gasteiger partial charge in [-0.25, -0.2) is 9.97 Å². The number of anilines is 1. The van der Waals surface area contributed by atoms with Crippen LogP contribution >= 0.6 is 39.1 Å². The second-order valence-corrected chi connectivity index (χ2v) is 4.65. The Hall–Kier alpha value is -1.11. The number of nitrogens with one attached hydrogen (secondary N) is 2. The molecule has 0 aliphatic rings. The first-order valence-electron chi connectivity index (χ1n) is 4.39. The van der Waals surface area contributed by atoms with Gasteiger partial charge in [0.1, 0.15) is 17.7 Å². The third kappa shape index (κ3) is 2.77. The minimum atomic E-state index is -0.380. The summed E-state index contributed by atoms with van der Waals surface area (Å²) >= 11 is 14.8. The summed E-state index contributed by atoms with van der Waals surface area (Å²) in [6.07, 6.45) is 2.85. The molecule has 0 aliphatic carbocycles. The lowest BCUT2D eigenvalue weighted by Gasteiger charge is -2.06. The van der Waals surface area contributed by atoms with Crippen LogP contribution in [-0.2, 0) is 0 Å². The van der Waals surface area contributed by atoms with Gasteiger partial charge in [-0.3, -0.25) is 4.79 Å². The van der Waals surface area contributed by atoms with Crippen molar-refractivity contribution < 1.29 is 4.79 Å². The monoisotopic (exact) mass is 334 g/mol. The standard InChI is InChI=1S/C9H5BrCl2N4O/c10-4-1-5(13-2-4)9(17)16-6-7(11)14-3-15-8(6)12/h1-3,13H,(H,16,17). The molecule has 2 aromatic rings. The largest absolute Gasteiger partial charge is 0.356 e. The van der Waals surface area contributed by atoms with Gasteiger partial charge < -0.3 is 10.3 Å². The molecule has 0 saturated heterocycles. The Morgan fingerprint density at radius 2 is 2.00 bits per heavy atom. The van der Waals surface area contributed by atoms with Crippen molar-refractivity contribution in [2.75, 3.05) is 5.32 Å². The van der Waals surface area contributed by atoms with Crippen LogP contribution < -0.4 is 5.32 Å². The molecule has 0 aromatic carbocycles. The maximum Gasteiger partial charge on any atom is 0.272 e.